The Balaban J connectivity index is 2.33. The standard InChI is InChI=1S/C14H11BrN2O4/c1-21-13-6-5-11(17(19)20)8-12(13)14(18)16-10-4-2-3-9(15)7-10/h2-8H,1H3,(H,16,18). The fourth-order valence-corrected chi connectivity index (χ4v) is 2.15. The Kier molecular flexibility index (Phi) is 4.54. The molecule has 0 unspecified atom stereocenters. The summed E-state index contributed by atoms with van der Waals surface area (Å²) in [6.45, 7) is 0. The lowest BCUT2D eigenvalue weighted by molar-refractivity contribution is -0.384. The maximum absolute atomic E-state index is 12.3. The molecule has 0 aliphatic rings. The Hall–Kier alpha value is -2.41. The summed E-state index contributed by atoms with van der Waals surface area (Å²) >= 11 is 3.30. The molecule has 0 saturated carbocycles. The van der Waals surface area contributed by atoms with Gasteiger partial charge < -0.3 is 10.1 Å². The molecular formula is C14H11BrN2O4. The number of nitro groups is 1. The van der Waals surface area contributed by atoms with Crippen molar-refractivity contribution >= 4 is 33.2 Å². The largest absolute Gasteiger partial charge is 0.496 e. The molecule has 0 saturated heterocycles. The molecule has 6 nitrogen and oxygen atoms in total. The van der Waals surface area contributed by atoms with E-state index >= 15 is 0 Å². The van der Waals surface area contributed by atoms with Gasteiger partial charge in [-0.1, -0.05) is 22.0 Å². The van der Waals surface area contributed by atoms with Gasteiger partial charge in [0, 0.05) is 22.3 Å². The molecule has 2 rings (SSSR count). The van der Waals surface area contributed by atoms with Gasteiger partial charge in [-0.3, -0.25) is 14.9 Å². The van der Waals surface area contributed by atoms with Crippen LogP contribution in [0.15, 0.2) is 46.9 Å². The number of anilines is 1. The van der Waals surface area contributed by atoms with Gasteiger partial charge in [0.15, 0.2) is 0 Å². The number of ether oxygens (including phenoxy) is 1. The molecule has 0 heterocycles. The van der Waals surface area contributed by atoms with E-state index in [0.717, 1.165) is 4.47 Å². The van der Waals surface area contributed by atoms with Gasteiger partial charge in [0.1, 0.15) is 5.75 Å². The Morgan fingerprint density at radius 3 is 2.67 bits per heavy atom. The van der Waals surface area contributed by atoms with Gasteiger partial charge in [0.2, 0.25) is 0 Å². The van der Waals surface area contributed by atoms with Crippen LogP contribution in [0.25, 0.3) is 0 Å². The van der Waals surface area contributed by atoms with Crippen molar-refractivity contribution in [2.45, 2.75) is 0 Å². The van der Waals surface area contributed by atoms with Crippen molar-refractivity contribution in [1.29, 1.82) is 0 Å². The molecule has 7 heteroatoms. The molecule has 1 amide bonds. The number of carbonyl (C=O) groups is 1. The second-order valence-corrected chi connectivity index (χ2v) is 5.02. The summed E-state index contributed by atoms with van der Waals surface area (Å²) in [6, 6.07) is 10.9. The SMILES string of the molecule is COc1ccc([N+](=O)[O-])cc1C(=O)Nc1cccc(Br)c1. The number of amides is 1. The Labute approximate surface area is 129 Å². The fraction of sp³-hybridized carbons (Fsp3) is 0.0714. The lowest BCUT2D eigenvalue weighted by Crippen LogP contribution is -2.13. The number of methoxy groups -OCH3 is 1. The van der Waals surface area contributed by atoms with E-state index in [1.54, 1.807) is 18.2 Å². The predicted octanol–water partition coefficient (Wildman–Crippen LogP) is 3.62. The van der Waals surface area contributed by atoms with E-state index in [-0.39, 0.29) is 17.0 Å². The molecule has 0 radical (unpaired) electrons. The van der Waals surface area contributed by atoms with E-state index in [4.69, 9.17) is 4.74 Å². The lowest BCUT2D eigenvalue weighted by Gasteiger charge is -2.09. The summed E-state index contributed by atoms with van der Waals surface area (Å²) in [4.78, 5) is 22.5. The third kappa shape index (κ3) is 3.57. The first-order valence-electron chi connectivity index (χ1n) is 5.90. The average Bonchev–Trinajstić information content (AvgIpc) is 2.46. The highest BCUT2D eigenvalue weighted by Crippen LogP contribution is 2.25. The highest BCUT2D eigenvalue weighted by atomic mass is 79.9. The van der Waals surface area contributed by atoms with Gasteiger partial charge in [-0.05, 0) is 24.3 Å². The minimum absolute atomic E-state index is 0.103. The quantitative estimate of drug-likeness (QED) is 0.674. The predicted molar refractivity (Wildman–Crippen MR) is 81.7 cm³/mol. The zero-order valence-corrected chi connectivity index (χ0v) is 12.6. The molecule has 21 heavy (non-hydrogen) atoms. The first kappa shape index (κ1) is 15.0. The molecular weight excluding hydrogens is 340 g/mol. The topological polar surface area (TPSA) is 81.5 Å². The van der Waals surface area contributed by atoms with Crippen LogP contribution in [0.1, 0.15) is 10.4 Å². The summed E-state index contributed by atoms with van der Waals surface area (Å²) in [6.07, 6.45) is 0. The first-order chi connectivity index (χ1) is 10.0. The summed E-state index contributed by atoms with van der Waals surface area (Å²) in [5.74, 6) is -0.207. The van der Waals surface area contributed by atoms with Crippen LogP contribution in [0.2, 0.25) is 0 Å². The van der Waals surface area contributed by atoms with Gasteiger partial charge in [-0.15, -0.1) is 0 Å². The molecule has 1 N–H and O–H groups in total. The van der Waals surface area contributed by atoms with Crippen LogP contribution in [0.4, 0.5) is 11.4 Å². The third-order valence-electron chi connectivity index (χ3n) is 2.72. The van der Waals surface area contributed by atoms with E-state index in [1.165, 1.54) is 25.3 Å². The van der Waals surface area contributed by atoms with Crippen molar-refractivity contribution in [3.05, 3.63) is 62.6 Å². The van der Waals surface area contributed by atoms with Crippen LogP contribution in [0, 0.1) is 10.1 Å². The summed E-state index contributed by atoms with van der Waals surface area (Å²) < 4.78 is 5.88. The number of carbonyl (C=O) groups excluding carboxylic acids is 1. The van der Waals surface area contributed by atoms with Crippen LogP contribution >= 0.6 is 15.9 Å². The highest BCUT2D eigenvalue weighted by molar-refractivity contribution is 9.10. The molecule has 0 atom stereocenters. The number of hydrogen-bond acceptors (Lipinski definition) is 4. The van der Waals surface area contributed by atoms with E-state index in [2.05, 4.69) is 21.2 Å². The smallest absolute Gasteiger partial charge is 0.270 e. The minimum atomic E-state index is -0.560. The molecule has 108 valence electrons. The van der Waals surface area contributed by atoms with E-state index in [0.29, 0.717) is 5.69 Å². The van der Waals surface area contributed by atoms with Crippen molar-refractivity contribution in [3.63, 3.8) is 0 Å². The van der Waals surface area contributed by atoms with Crippen molar-refractivity contribution in [2.24, 2.45) is 0 Å². The number of halogens is 1. The summed E-state index contributed by atoms with van der Waals surface area (Å²) in [5.41, 5.74) is 0.504. The zero-order chi connectivity index (χ0) is 15.4. The van der Waals surface area contributed by atoms with Gasteiger partial charge in [-0.25, -0.2) is 0 Å². The molecule has 0 aliphatic carbocycles. The molecule has 0 aliphatic heterocycles. The lowest BCUT2D eigenvalue weighted by atomic mass is 10.1. The van der Waals surface area contributed by atoms with Crippen LogP contribution in [-0.4, -0.2) is 17.9 Å². The fourth-order valence-electron chi connectivity index (χ4n) is 1.75. The van der Waals surface area contributed by atoms with Gasteiger partial charge in [-0.2, -0.15) is 0 Å². The van der Waals surface area contributed by atoms with Crippen LogP contribution in [0.3, 0.4) is 0 Å². The van der Waals surface area contributed by atoms with E-state index in [9.17, 15) is 14.9 Å². The molecule has 0 bridgehead atoms. The van der Waals surface area contributed by atoms with Crippen LogP contribution < -0.4 is 10.1 Å². The number of benzene rings is 2. The number of rotatable bonds is 4. The third-order valence-corrected chi connectivity index (χ3v) is 3.21. The second kappa shape index (κ2) is 6.36. The zero-order valence-electron chi connectivity index (χ0n) is 11.0. The van der Waals surface area contributed by atoms with E-state index < -0.39 is 10.8 Å². The molecule has 0 spiro atoms. The normalized spacial score (nSPS) is 10.0. The maximum Gasteiger partial charge on any atom is 0.270 e. The molecule has 2 aromatic carbocycles. The number of nitrogens with one attached hydrogen (secondary N) is 1. The Morgan fingerprint density at radius 2 is 2.05 bits per heavy atom. The average molecular weight is 351 g/mol. The van der Waals surface area contributed by atoms with E-state index in [1.807, 2.05) is 6.07 Å². The monoisotopic (exact) mass is 350 g/mol. The number of nitro benzene ring substituents is 1. The van der Waals surface area contributed by atoms with Crippen molar-refractivity contribution < 1.29 is 14.5 Å². The van der Waals surface area contributed by atoms with Crippen LogP contribution in [-0.2, 0) is 0 Å². The summed E-state index contributed by atoms with van der Waals surface area (Å²) in [5, 5.41) is 13.5. The van der Waals surface area contributed by atoms with Gasteiger partial charge >= 0.3 is 0 Å². The van der Waals surface area contributed by atoms with Gasteiger partial charge in [0.25, 0.3) is 11.6 Å². The second-order valence-electron chi connectivity index (χ2n) is 4.11. The number of hydrogen-bond donors (Lipinski definition) is 1. The highest BCUT2D eigenvalue weighted by Gasteiger charge is 2.17. The van der Waals surface area contributed by atoms with Crippen LogP contribution in [0.5, 0.6) is 5.75 Å². The van der Waals surface area contributed by atoms with Gasteiger partial charge in [0.05, 0.1) is 17.6 Å². The minimum Gasteiger partial charge on any atom is -0.496 e. The maximum atomic E-state index is 12.3. The summed E-state index contributed by atoms with van der Waals surface area (Å²) in [7, 11) is 1.40. The van der Waals surface area contributed by atoms with Crippen molar-refractivity contribution in [3.8, 4) is 5.75 Å². The number of non-ortho nitro benzene ring substituents is 1. The molecule has 0 fully saturated rings. The Bertz CT molecular complexity index is 703. The molecule has 2 aromatic rings. The molecule has 0 aromatic heterocycles. The number of nitrogens with zero attached hydrogens (tertiary/aromatic N) is 1. The van der Waals surface area contributed by atoms with Crippen molar-refractivity contribution in [1.82, 2.24) is 0 Å². The first-order valence-corrected chi connectivity index (χ1v) is 6.70. The van der Waals surface area contributed by atoms with Crippen molar-refractivity contribution in [2.75, 3.05) is 12.4 Å². The Morgan fingerprint density at radius 1 is 1.29 bits per heavy atom.